The van der Waals surface area contributed by atoms with E-state index in [1.165, 1.54) is 23.9 Å². The van der Waals surface area contributed by atoms with Crippen molar-refractivity contribution in [2.45, 2.75) is 25.8 Å². The molecule has 0 unspecified atom stereocenters. The van der Waals surface area contributed by atoms with Crippen molar-refractivity contribution in [2.24, 2.45) is 0 Å². The van der Waals surface area contributed by atoms with E-state index in [-0.39, 0.29) is 11.3 Å². The van der Waals surface area contributed by atoms with Crippen LogP contribution in [0.2, 0.25) is 0 Å². The topological polar surface area (TPSA) is 74.0 Å². The highest BCUT2D eigenvalue weighted by atomic mass is 16.2. The fraction of sp³-hybridized carbons (Fsp3) is 0.318. The Labute approximate surface area is 169 Å². The summed E-state index contributed by atoms with van der Waals surface area (Å²) in [6, 6.07) is 18.5. The Morgan fingerprint density at radius 3 is 2.31 bits per heavy atom. The third-order valence-corrected chi connectivity index (χ3v) is 5.25. The summed E-state index contributed by atoms with van der Waals surface area (Å²) >= 11 is 0. The molecule has 0 atom stereocenters. The van der Waals surface area contributed by atoms with E-state index in [1.807, 2.05) is 48.5 Å². The number of rotatable bonds is 6. The van der Waals surface area contributed by atoms with Gasteiger partial charge in [0.2, 0.25) is 0 Å². The molecule has 150 valence electrons. The van der Waals surface area contributed by atoms with Gasteiger partial charge in [0.25, 0.3) is 0 Å². The number of piperidine rings is 1. The van der Waals surface area contributed by atoms with Crippen LogP contribution in [0.3, 0.4) is 0 Å². The number of carbonyl (C=O) groups excluding carboxylic acids is 1. The van der Waals surface area contributed by atoms with Crippen molar-refractivity contribution < 1.29 is 9.48 Å². The van der Waals surface area contributed by atoms with Gasteiger partial charge in [0.05, 0.1) is 0 Å². The van der Waals surface area contributed by atoms with Gasteiger partial charge in [-0.3, -0.25) is 9.69 Å². The van der Waals surface area contributed by atoms with Gasteiger partial charge in [-0.2, -0.15) is 0 Å². The van der Waals surface area contributed by atoms with Crippen LogP contribution in [0.1, 0.15) is 29.8 Å². The monoisotopic (exact) mass is 392 g/mol. The van der Waals surface area contributed by atoms with Crippen molar-refractivity contribution in [3.63, 3.8) is 0 Å². The summed E-state index contributed by atoms with van der Waals surface area (Å²) in [5, 5.41) is 5.94. The Morgan fingerprint density at radius 2 is 1.62 bits per heavy atom. The maximum absolute atomic E-state index is 13.1. The number of aromatic amines is 1. The number of para-hydroxylation sites is 2. The van der Waals surface area contributed by atoms with Crippen LogP contribution in [0.25, 0.3) is 5.69 Å². The number of likely N-dealkylation sites (tertiary alicyclic amines) is 1. The van der Waals surface area contributed by atoms with E-state index in [0.717, 1.165) is 19.6 Å². The number of nitrogens with zero attached hydrogens (tertiary/aromatic N) is 3. The molecule has 1 aromatic heterocycles. The summed E-state index contributed by atoms with van der Waals surface area (Å²) < 4.78 is 3.10. The molecular formula is C22H26N5O2+. The molecular weight excluding hydrogens is 366 g/mol. The molecule has 1 fully saturated rings. The number of anilines is 1. The molecule has 2 aromatic carbocycles. The summed E-state index contributed by atoms with van der Waals surface area (Å²) in [6.45, 7) is 3.48. The van der Waals surface area contributed by atoms with Crippen LogP contribution in [-0.2, 0) is 6.54 Å². The minimum Gasteiger partial charge on any atom is -0.319 e. The highest BCUT2D eigenvalue weighted by molar-refractivity contribution is 6.01. The zero-order valence-electron chi connectivity index (χ0n) is 16.4. The normalized spacial score (nSPS) is 14.6. The maximum atomic E-state index is 13.1. The molecule has 0 saturated carbocycles. The number of hydrogen-bond acceptors (Lipinski definition) is 3. The van der Waals surface area contributed by atoms with Gasteiger partial charge in [0, 0.05) is 12.2 Å². The summed E-state index contributed by atoms with van der Waals surface area (Å²) in [6.07, 6.45) is 3.68. The minimum absolute atomic E-state index is 0.106. The SMILES string of the molecule is O=C(Nc1ccccc1)c1c(=O)n(-c2ccccc2)[nH][n+]1CCN1CCCCC1. The lowest BCUT2D eigenvalue weighted by atomic mass is 10.1. The first-order valence-corrected chi connectivity index (χ1v) is 10.1. The second kappa shape index (κ2) is 8.87. The molecule has 1 amide bonds. The quantitative estimate of drug-likeness (QED) is 0.632. The molecule has 0 bridgehead atoms. The fourth-order valence-corrected chi connectivity index (χ4v) is 3.71. The number of hydrogen-bond donors (Lipinski definition) is 2. The molecule has 1 aliphatic heterocycles. The molecule has 7 heteroatoms. The molecule has 1 saturated heterocycles. The highest BCUT2D eigenvalue weighted by Crippen LogP contribution is 2.09. The highest BCUT2D eigenvalue weighted by Gasteiger charge is 2.29. The molecule has 2 heterocycles. The molecule has 7 nitrogen and oxygen atoms in total. The maximum Gasteiger partial charge on any atom is 0.411 e. The van der Waals surface area contributed by atoms with E-state index in [2.05, 4.69) is 15.4 Å². The van der Waals surface area contributed by atoms with Crippen molar-refractivity contribution in [2.75, 3.05) is 25.0 Å². The predicted molar refractivity (Wildman–Crippen MR) is 111 cm³/mol. The Hall–Kier alpha value is -3.19. The van der Waals surface area contributed by atoms with Crippen LogP contribution in [0.15, 0.2) is 65.5 Å². The van der Waals surface area contributed by atoms with Gasteiger partial charge in [-0.05, 0) is 50.2 Å². The van der Waals surface area contributed by atoms with Crippen molar-refractivity contribution in [3.05, 3.63) is 76.7 Å². The fourth-order valence-electron chi connectivity index (χ4n) is 3.71. The molecule has 29 heavy (non-hydrogen) atoms. The van der Waals surface area contributed by atoms with E-state index in [9.17, 15) is 9.59 Å². The van der Waals surface area contributed by atoms with E-state index < -0.39 is 5.91 Å². The van der Waals surface area contributed by atoms with E-state index in [0.29, 0.717) is 17.9 Å². The first-order chi connectivity index (χ1) is 14.2. The van der Waals surface area contributed by atoms with Crippen LogP contribution in [0.4, 0.5) is 5.69 Å². The van der Waals surface area contributed by atoms with Gasteiger partial charge in [0.15, 0.2) is 5.69 Å². The number of amides is 1. The molecule has 0 radical (unpaired) electrons. The van der Waals surface area contributed by atoms with Crippen LogP contribution in [0, 0.1) is 0 Å². The zero-order chi connectivity index (χ0) is 20.1. The number of H-pyrrole nitrogens is 1. The second-order valence-electron chi connectivity index (χ2n) is 7.30. The van der Waals surface area contributed by atoms with E-state index >= 15 is 0 Å². The van der Waals surface area contributed by atoms with Crippen molar-refractivity contribution in [3.8, 4) is 5.69 Å². The summed E-state index contributed by atoms with van der Waals surface area (Å²) in [4.78, 5) is 28.5. The van der Waals surface area contributed by atoms with Gasteiger partial charge in [0.1, 0.15) is 6.54 Å². The van der Waals surface area contributed by atoms with E-state index in [1.54, 1.807) is 16.8 Å². The Kier molecular flexibility index (Phi) is 5.86. The van der Waals surface area contributed by atoms with Gasteiger partial charge >= 0.3 is 17.2 Å². The Morgan fingerprint density at radius 1 is 0.966 bits per heavy atom. The van der Waals surface area contributed by atoms with Gasteiger partial charge in [-0.25, -0.2) is 4.79 Å². The van der Waals surface area contributed by atoms with Gasteiger partial charge in [-0.1, -0.05) is 52.7 Å². The van der Waals surface area contributed by atoms with Crippen LogP contribution in [0.5, 0.6) is 0 Å². The first kappa shape index (κ1) is 19.1. The molecule has 3 aromatic rings. The number of aromatic nitrogens is 3. The minimum atomic E-state index is -0.411. The van der Waals surface area contributed by atoms with Crippen LogP contribution >= 0.6 is 0 Å². The molecule has 0 spiro atoms. The Balaban J connectivity index is 1.64. The zero-order valence-corrected chi connectivity index (χ0v) is 16.4. The second-order valence-corrected chi connectivity index (χ2v) is 7.30. The third kappa shape index (κ3) is 4.46. The van der Waals surface area contributed by atoms with E-state index in [4.69, 9.17) is 0 Å². The van der Waals surface area contributed by atoms with Crippen molar-refractivity contribution >= 4 is 11.6 Å². The lowest BCUT2D eigenvalue weighted by Crippen LogP contribution is -2.49. The van der Waals surface area contributed by atoms with Crippen LogP contribution < -0.4 is 15.6 Å². The smallest absolute Gasteiger partial charge is 0.319 e. The van der Waals surface area contributed by atoms with Crippen molar-refractivity contribution in [1.29, 1.82) is 0 Å². The van der Waals surface area contributed by atoms with Gasteiger partial charge < -0.3 is 5.32 Å². The molecule has 1 aliphatic rings. The molecule has 4 rings (SSSR count). The Bertz CT molecular complexity index is 1000. The summed E-state index contributed by atoms with van der Waals surface area (Å²) in [5.41, 5.74) is 1.10. The standard InChI is InChI=1S/C22H25N5O2/c28-21(23-18-10-4-1-5-11-18)20-22(29)27(19-12-6-2-7-13-19)24-26(20)17-16-25-14-8-3-9-15-25/h1-2,4-7,10-13H,3,8-9,14-17H2,(H-,23,24,28,29)/p+1. The average Bonchev–Trinajstić information content (AvgIpc) is 3.10. The largest absolute Gasteiger partial charge is 0.411 e. The van der Waals surface area contributed by atoms with Crippen molar-refractivity contribution in [1.82, 2.24) is 14.8 Å². The number of benzene rings is 2. The predicted octanol–water partition coefficient (Wildman–Crippen LogP) is 2.19. The first-order valence-electron chi connectivity index (χ1n) is 10.1. The summed E-state index contributed by atoms with van der Waals surface area (Å²) in [5.74, 6) is -0.411. The number of nitrogens with one attached hydrogen (secondary N) is 2. The summed E-state index contributed by atoms with van der Waals surface area (Å²) in [7, 11) is 0. The average molecular weight is 392 g/mol. The lowest BCUT2D eigenvalue weighted by Gasteiger charge is -2.25. The van der Waals surface area contributed by atoms with Crippen LogP contribution in [-0.4, -0.2) is 40.3 Å². The lowest BCUT2D eigenvalue weighted by molar-refractivity contribution is -0.755. The third-order valence-electron chi connectivity index (χ3n) is 5.25. The van der Waals surface area contributed by atoms with Gasteiger partial charge in [-0.15, -0.1) is 4.68 Å². The number of carbonyl (C=O) groups is 1. The molecule has 2 N–H and O–H groups in total. The molecule has 0 aliphatic carbocycles.